The van der Waals surface area contributed by atoms with Crippen molar-refractivity contribution in [2.24, 2.45) is 11.8 Å². The van der Waals surface area contributed by atoms with Gasteiger partial charge in [-0.2, -0.15) is 0 Å². The molecular weight excluding hydrogens is 332 g/mol. The van der Waals surface area contributed by atoms with Crippen molar-refractivity contribution in [2.45, 2.75) is 71.0 Å². The molecule has 0 aromatic heterocycles. The van der Waals surface area contributed by atoms with Crippen molar-refractivity contribution in [1.82, 2.24) is 0 Å². The summed E-state index contributed by atoms with van der Waals surface area (Å²) in [6, 6.07) is 6.64. The first-order valence-corrected chi connectivity index (χ1v) is 9.41. The lowest BCUT2D eigenvalue weighted by atomic mass is 9.78. The molecule has 0 saturated heterocycles. The lowest BCUT2D eigenvalue weighted by molar-refractivity contribution is -0.165. The van der Waals surface area contributed by atoms with Crippen LogP contribution in [0.4, 0.5) is 0 Å². The smallest absolute Gasteiger partial charge is 0.335 e. The summed E-state index contributed by atoms with van der Waals surface area (Å²) >= 11 is 0. The number of carboxylic acids is 1. The minimum atomic E-state index is -1.03. The van der Waals surface area contributed by atoms with Crippen LogP contribution >= 0.6 is 0 Å². The van der Waals surface area contributed by atoms with E-state index in [1.165, 1.54) is 6.07 Å². The van der Waals surface area contributed by atoms with Gasteiger partial charge in [0.15, 0.2) is 0 Å². The topological polar surface area (TPSA) is 83.8 Å². The minimum absolute atomic E-state index is 0.0539. The molecule has 1 fully saturated rings. The second-order valence-corrected chi connectivity index (χ2v) is 8.20. The van der Waals surface area contributed by atoms with E-state index in [0.717, 1.165) is 32.1 Å². The number of hydrogen-bond donors (Lipinski definition) is 2. The molecule has 0 aliphatic heterocycles. The maximum Gasteiger partial charge on any atom is 0.335 e. The highest BCUT2D eigenvalue weighted by Crippen LogP contribution is 2.32. The normalized spacial score (nSPS) is 18.2. The number of ether oxygens (including phenoxy) is 1. The van der Waals surface area contributed by atoms with E-state index in [4.69, 9.17) is 4.74 Å². The fourth-order valence-corrected chi connectivity index (χ4v) is 3.67. The highest BCUT2D eigenvalue weighted by molar-refractivity contribution is 5.89. The quantitative estimate of drug-likeness (QED) is 0.752. The first-order valence-electron chi connectivity index (χ1n) is 9.41. The number of carboxylic acid groups (broad SMARTS) is 1. The van der Waals surface area contributed by atoms with Crippen LogP contribution in [0.3, 0.4) is 0 Å². The standard InChI is InChI=1S/C21H30O5/c1-21(2,3)26-20(25)17(18(22)14-9-5-4-6-10-14)13-15-11-7-8-12-16(15)19(23)24/h7-8,11-12,14,17-18,22H,4-6,9-10,13H2,1-3H3,(H,23,24). The number of hydrogen-bond acceptors (Lipinski definition) is 4. The van der Waals surface area contributed by atoms with Gasteiger partial charge in [-0.25, -0.2) is 4.79 Å². The van der Waals surface area contributed by atoms with Crippen molar-refractivity contribution < 1.29 is 24.5 Å². The van der Waals surface area contributed by atoms with Gasteiger partial charge in [0, 0.05) is 0 Å². The molecule has 5 nitrogen and oxygen atoms in total. The van der Waals surface area contributed by atoms with Gasteiger partial charge in [0.05, 0.1) is 17.6 Å². The van der Waals surface area contributed by atoms with Crippen LogP contribution in [0.25, 0.3) is 0 Å². The number of carbonyl (C=O) groups is 2. The summed E-state index contributed by atoms with van der Waals surface area (Å²) in [5.74, 6) is -2.21. The van der Waals surface area contributed by atoms with Gasteiger partial charge in [-0.1, -0.05) is 37.5 Å². The van der Waals surface area contributed by atoms with Gasteiger partial charge < -0.3 is 14.9 Å². The Morgan fingerprint density at radius 2 is 1.77 bits per heavy atom. The highest BCUT2D eigenvalue weighted by atomic mass is 16.6. The SMILES string of the molecule is CC(C)(C)OC(=O)C(Cc1ccccc1C(=O)O)C(O)C1CCCCC1. The Kier molecular flexibility index (Phi) is 6.81. The molecule has 2 unspecified atom stereocenters. The molecule has 0 bridgehead atoms. The number of carbonyl (C=O) groups excluding carboxylic acids is 1. The van der Waals surface area contributed by atoms with Crippen LogP contribution in [0.1, 0.15) is 68.8 Å². The van der Waals surface area contributed by atoms with E-state index in [0.29, 0.717) is 5.56 Å². The van der Waals surface area contributed by atoms with Gasteiger partial charge >= 0.3 is 11.9 Å². The van der Waals surface area contributed by atoms with Crippen LogP contribution in [-0.2, 0) is 16.0 Å². The van der Waals surface area contributed by atoms with Crippen LogP contribution < -0.4 is 0 Å². The predicted octanol–water partition coefficient (Wildman–Crippen LogP) is 3.83. The second-order valence-electron chi connectivity index (χ2n) is 8.20. The van der Waals surface area contributed by atoms with Gasteiger partial charge in [-0.15, -0.1) is 0 Å². The van der Waals surface area contributed by atoms with Crippen molar-refractivity contribution in [1.29, 1.82) is 0 Å². The molecule has 144 valence electrons. The van der Waals surface area contributed by atoms with E-state index >= 15 is 0 Å². The lowest BCUT2D eigenvalue weighted by Gasteiger charge is -2.33. The molecule has 2 rings (SSSR count). The number of aliphatic hydroxyl groups is 1. The molecule has 26 heavy (non-hydrogen) atoms. The Morgan fingerprint density at radius 1 is 1.15 bits per heavy atom. The Hall–Kier alpha value is -1.88. The maximum absolute atomic E-state index is 12.8. The van der Waals surface area contributed by atoms with Crippen LogP contribution in [0, 0.1) is 11.8 Å². The average Bonchev–Trinajstić information content (AvgIpc) is 2.58. The van der Waals surface area contributed by atoms with Gasteiger partial charge in [-0.05, 0) is 57.6 Å². The molecule has 1 aliphatic carbocycles. The molecule has 0 spiro atoms. The monoisotopic (exact) mass is 362 g/mol. The lowest BCUT2D eigenvalue weighted by Crippen LogP contribution is -2.40. The summed E-state index contributed by atoms with van der Waals surface area (Å²) in [5, 5.41) is 20.4. The molecule has 2 N–H and O–H groups in total. The summed E-state index contributed by atoms with van der Waals surface area (Å²) in [5.41, 5.74) is 0.0520. The Bertz CT molecular complexity index is 626. The summed E-state index contributed by atoms with van der Waals surface area (Å²) in [6.45, 7) is 5.38. The first-order chi connectivity index (χ1) is 12.2. The van der Waals surface area contributed by atoms with Gasteiger partial charge in [0.25, 0.3) is 0 Å². The summed E-state index contributed by atoms with van der Waals surface area (Å²) in [7, 11) is 0. The molecule has 1 aromatic carbocycles. The number of esters is 1. The van der Waals surface area contributed by atoms with Crippen LogP contribution in [0.2, 0.25) is 0 Å². The van der Waals surface area contributed by atoms with E-state index in [2.05, 4.69) is 0 Å². The Labute approximate surface area is 155 Å². The maximum atomic E-state index is 12.8. The molecule has 0 amide bonds. The van der Waals surface area contributed by atoms with E-state index < -0.39 is 29.6 Å². The van der Waals surface area contributed by atoms with Crippen molar-refractivity contribution in [3.63, 3.8) is 0 Å². The molecule has 0 radical (unpaired) electrons. The van der Waals surface area contributed by atoms with Crippen LogP contribution in [0.5, 0.6) is 0 Å². The summed E-state index contributed by atoms with van der Waals surface area (Å²) in [6.07, 6.45) is 4.37. The van der Waals surface area contributed by atoms with Crippen molar-refractivity contribution >= 4 is 11.9 Å². The summed E-state index contributed by atoms with van der Waals surface area (Å²) in [4.78, 5) is 24.3. The molecule has 1 aliphatic rings. The number of aliphatic hydroxyl groups excluding tert-OH is 1. The first kappa shape index (κ1) is 20.4. The van der Waals surface area contributed by atoms with Crippen molar-refractivity contribution in [3.8, 4) is 0 Å². The zero-order valence-corrected chi connectivity index (χ0v) is 15.9. The van der Waals surface area contributed by atoms with Crippen LogP contribution in [0.15, 0.2) is 24.3 Å². The van der Waals surface area contributed by atoms with E-state index in [-0.39, 0.29) is 17.9 Å². The van der Waals surface area contributed by atoms with E-state index in [1.807, 2.05) is 0 Å². The van der Waals surface area contributed by atoms with Crippen molar-refractivity contribution in [2.75, 3.05) is 0 Å². The zero-order valence-electron chi connectivity index (χ0n) is 15.9. The van der Waals surface area contributed by atoms with Gasteiger partial charge in [0.2, 0.25) is 0 Å². The largest absolute Gasteiger partial charge is 0.478 e. The van der Waals surface area contributed by atoms with Crippen molar-refractivity contribution in [3.05, 3.63) is 35.4 Å². The van der Waals surface area contributed by atoms with E-state index in [9.17, 15) is 19.8 Å². The van der Waals surface area contributed by atoms with Gasteiger partial charge in [-0.3, -0.25) is 4.79 Å². The van der Waals surface area contributed by atoms with Gasteiger partial charge in [0.1, 0.15) is 5.60 Å². The number of aromatic carboxylic acids is 1. The van der Waals surface area contributed by atoms with Crippen LogP contribution in [-0.4, -0.2) is 33.9 Å². The fraction of sp³-hybridized carbons (Fsp3) is 0.619. The average molecular weight is 362 g/mol. The summed E-state index contributed by atoms with van der Waals surface area (Å²) < 4.78 is 5.54. The molecular formula is C21H30O5. The third-order valence-corrected chi connectivity index (χ3v) is 4.94. The molecule has 1 saturated carbocycles. The molecule has 0 heterocycles. The Morgan fingerprint density at radius 3 is 2.35 bits per heavy atom. The predicted molar refractivity (Wildman–Crippen MR) is 99.0 cm³/mol. The Balaban J connectivity index is 2.28. The second kappa shape index (κ2) is 8.67. The third kappa shape index (κ3) is 5.56. The zero-order chi connectivity index (χ0) is 19.3. The molecule has 5 heteroatoms. The number of benzene rings is 1. The third-order valence-electron chi connectivity index (χ3n) is 4.94. The highest BCUT2D eigenvalue weighted by Gasteiger charge is 2.37. The molecule has 1 aromatic rings. The number of rotatable bonds is 6. The van der Waals surface area contributed by atoms with E-state index in [1.54, 1.807) is 39.0 Å². The fourth-order valence-electron chi connectivity index (χ4n) is 3.67. The molecule has 2 atom stereocenters. The minimum Gasteiger partial charge on any atom is -0.478 e.